The standard InChI is InChI=1S/C8H8Cl2NO3P/c9-15(10,13)11-8(12)14-6-7-4-2-1-3-5-7/h1-5H,6H2,(H,11,12,13). The van der Waals surface area contributed by atoms with Crippen LogP contribution in [-0.4, -0.2) is 6.09 Å². The summed E-state index contributed by atoms with van der Waals surface area (Å²) in [5, 5.41) is 1.81. The molecule has 0 radical (unpaired) electrons. The van der Waals surface area contributed by atoms with Crippen LogP contribution in [0, 0.1) is 0 Å². The van der Waals surface area contributed by atoms with Gasteiger partial charge >= 0.3 is 12.1 Å². The highest BCUT2D eigenvalue weighted by molar-refractivity contribution is 8.07. The Morgan fingerprint density at radius 1 is 1.33 bits per heavy atom. The third-order valence-corrected chi connectivity index (χ3v) is 2.38. The zero-order valence-corrected chi connectivity index (χ0v) is 9.93. The number of carbonyl (C=O) groups excluding carboxylic acids is 1. The third-order valence-electron chi connectivity index (χ3n) is 1.43. The molecule has 0 aromatic heterocycles. The van der Waals surface area contributed by atoms with Crippen LogP contribution in [0.3, 0.4) is 0 Å². The van der Waals surface area contributed by atoms with Crippen molar-refractivity contribution >= 4 is 34.6 Å². The van der Waals surface area contributed by atoms with E-state index in [0.29, 0.717) is 0 Å². The van der Waals surface area contributed by atoms with E-state index in [2.05, 4.69) is 0 Å². The highest BCUT2D eigenvalue weighted by atomic mass is 35.9. The zero-order chi connectivity index (χ0) is 11.3. The summed E-state index contributed by atoms with van der Waals surface area (Å²) in [7, 11) is 0. The van der Waals surface area contributed by atoms with Crippen LogP contribution >= 0.6 is 28.5 Å². The Hall–Kier alpha value is -0.700. The van der Waals surface area contributed by atoms with Crippen LogP contribution in [0.4, 0.5) is 4.79 Å². The van der Waals surface area contributed by atoms with E-state index in [4.69, 9.17) is 27.2 Å². The molecule has 0 aliphatic heterocycles. The third kappa shape index (κ3) is 5.67. The normalized spacial score (nSPS) is 10.8. The first-order valence-corrected chi connectivity index (χ1v) is 7.47. The predicted octanol–water partition coefficient (Wildman–Crippen LogP) is 3.50. The van der Waals surface area contributed by atoms with Crippen LogP contribution in [0.5, 0.6) is 0 Å². The SMILES string of the molecule is O=C(NP(=O)(Cl)Cl)OCc1ccccc1. The van der Waals surface area contributed by atoms with Gasteiger partial charge in [-0.1, -0.05) is 30.3 Å². The Labute approximate surface area is 96.5 Å². The van der Waals surface area contributed by atoms with Crippen LogP contribution in [0.1, 0.15) is 5.56 Å². The van der Waals surface area contributed by atoms with Gasteiger partial charge in [0.15, 0.2) is 0 Å². The van der Waals surface area contributed by atoms with Gasteiger partial charge in [-0.25, -0.2) is 9.88 Å². The van der Waals surface area contributed by atoms with Gasteiger partial charge in [0, 0.05) is 0 Å². The smallest absolute Gasteiger partial charge is 0.414 e. The Bertz CT molecular complexity index is 379. The average molecular weight is 268 g/mol. The zero-order valence-electron chi connectivity index (χ0n) is 7.52. The summed E-state index contributed by atoms with van der Waals surface area (Å²) in [6, 6.07) is 9.03. The maximum atomic E-state index is 11.0. The minimum absolute atomic E-state index is 0.0699. The lowest BCUT2D eigenvalue weighted by molar-refractivity contribution is 0.146. The monoisotopic (exact) mass is 267 g/mol. The molecule has 0 saturated carbocycles. The van der Waals surface area contributed by atoms with Gasteiger partial charge in [-0.15, -0.1) is 0 Å². The second kappa shape index (κ2) is 5.40. The fraction of sp³-hybridized carbons (Fsp3) is 0.125. The van der Waals surface area contributed by atoms with Crippen molar-refractivity contribution in [2.24, 2.45) is 0 Å². The number of halogens is 2. The van der Waals surface area contributed by atoms with Crippen molar-refractivity contribution in [1.29, 1.82) is 0 Å². The summed E-state index contributed by atoms with van der Waals surface area (Å²) in [5.41, 5.74) is 0.812. The summed E-state index contributed by atoms with van der Waals surface area (Å²) in [5.74, 6) is -3.62. The molecule has 0 aliphatic rings. The van der Waals surface area contributed by atoms with Gasteiger partial charge in [-0.3, -0.25) is 4.57 Å². The van der Waals surface area contributed by atoms with Crippen LogP contribution in [0.15, 0.2) is 30.3 Å². The van der Waals surface area contributed by atoms with Gasteiger partial charge in [0.2, 0.25) is 0 Å². The van der Waals surface area contributed by atoms with Crippen LogP contribution in [-0.2, 0) is 15.9 Å². The molecular weight excluding hydrogens is 260 g/mol. The molecular formula is C8H8Cl2NO3P. The quantitative estimate of drug-likeness (QED) is 0.853. The lowest BCUT2D eigenvalue weighted by Gasteiger charge is -2.06. The van der Waals surface area contributed by atoms with Gasteiger partial charge in [0.25, 0.3) is 0 Å². The van der Waals surface area contributed by atoms with Crippen molar-refractivity contribution in [2.75, 3.05) is 0 Å². The minimum atomic E-state index is -3.62. The van der Waals surface area contributed by atoms with E-state index in [1.165, 1.54) is 0 Å². The lowest BCUT2D eigenvalue weighted by atomic mass is 10.2. The highest BCUT2D eigenvalue weighted by Gasteiger charge is 2.17. The molecule has 0 fully saturated rings. The molecule has 15 heavy (non-hydrogen) atoms. The van der Waals surface area contributed by atoms with E-state index in [-0.39, 0.29) is 6.61 Å². The molecule has 0 spiro atoms. The molecule has 0 atom stereocenters. The number of benzene rings is 1. The van der Waals surface area contributed by atoms with E-state index >= 15 is 0 Å². The molecule has 1 amide bonds. The van der Waals surface area contributed by atoms with Gasteiger partial charge in [-0.2, -0.15) is 0 Å². The average Bonchev–Trinajstić information content (AvgIpc) is 2.14. The molecule has 0 aliphatic carbocycles. The summed E-state index contributed by atoms with van der Waals surface area (Å²) in [6.45, 7) is 0.0699. The van der Waals surface area contributed by atoms with Crippen molar-refractivity contribution in [3.05, 3.63) is 35.9 Å². The molecule has 7 heteroatoms. The van der Waals surface area contributed by atoms with E-state index in [1.807, 2.05) is 23.3 Å². The fourth-order valence-electron chi connectivity index (χ4n) is 0.862. The Morgan fingerprint density at radius 2 is 1.93 bits per heavy atom. The summed E-state index contributed by atoms with van der Waals surface area (Å²) in [6.07, 6.45) is -0.910. The molecule has 1 aromatic carbocycles. The van der Waals surface area contributed by atoms with Crippen LogP contribution in [0.2, 0.25) is 0 Å². The molecule has 1 N–H and O–H groups in total. The Balaban J connectivity index is 2.39. The molecule has 1 aromatic rings. The number of hydrogen-bond acceptors (Lipinski definition) is 3. The van der Waals surface area contributed by atoms with E-state index in [9.17, 15) is 9.36 Å². The van der Waals surface area contributed by atoms with Gasteiger partial charge < -0.3 is 4.74 Å². The van der Waals surface area contributed by atoms with Crippen LogP contribution < -0.4 is 5.09 Å². The molecule has 4 nitrogen and oxygen atoms in total. The number of carbonyl (C=O) groups is 1. The summed E-state index contributed by atoms with van der Waals surface area (Å²) < 4.78 is 15.5. The maximum Gasteiger partial charge on any atom is 0.414 e. The number of hydrogen-bond donors (Lipinski definition) is 1. The van der Waals surface area contributed by atoms with Gasteiger partial charge in [0.1, 0.15) is 6.61 Å². The van der Waals surface area contributed by atoms with E-state index < -0.39 is 12.1 Å². The second-order valence-corrected chi connectivity index (χ2v) is 7.16. The Kier molecular flexibility index (Phi) is 4.45. The molecule has 0 bridgehead atoms. The van der Waals surface area contributed by atoms with Crippen LogP contribution in [0.25, 0.3) is 0 Å². The van der Waals surface area contributed by atoms with Gasteiger partial charge in [-0.05, 0) is 28.0 Å². The largest absolute Gasteiger partial charge is 0.444 e. The predicted molar refractivity (Wildman–Crippen MR) is 59.1 cm³/mol. The topological polar surface area (TPSA) is 55.4 Å². The molecule has 82 valence electrons. The van der Waals surface area contributed by atoms with Crippen molar-refractivity contribution in [3.63, 3.8) is 0 Å². The van der Waals surface area contributed by atoms with Crippen molar-refractivity contribution in [1.82, 2.24) is 5.09 Å². The summed E-state index contributed by atoms with van der Waals surface area (Å²) in [4.78, 5) is 11.0. The van der Waals surface area contributed by atoms with E-state index in [1.54, 1.807) is 12.1 Å². The van der Waals surface area contributed by atoms with Gasteiger partial charge in [0.05, 0.1) is 0 Å². The van der Waals surface area contributed by atoms with Crippen molar-refractivity contribution in [3.8, 4) is 0 Å². The molecule has 0 unspecified atom stereocenters. The molecule has 0 saturated heterocycles. The number of nitrogens with one attached hydrogen (secondary N) is 1. The molecule has 0 heterocycles. The fourth-order valence-corrected chi connectivity index (χ4v) is 1.55. The lowest BCUT2D eigenvalue weighted by Crippen LogP contribution is -2.17. The second-order valence-electron chi connectivity index (χ2n) is 2.64. The van der Waals surface area contributed by atoms with E-state index in [0.717, 1.165) is 5.56 Å². The number of rotatable bonds is 3. The summed E-state index contributed by atoms with van der Waals surface area (Å²) >= 11 is 10.2. The highest BCUT2D eigenvalue weighted by Crippen LogP contribution is 2.52. The first-order valence-electron chi connectivity index (χ1n) is 3.96. The minimum Gasteiger partial charge on any atom is -0.444 e. The van der Waals surface area contributed by atoms with Crippen molar-refractivity contribution in [2.45, 2.75) is 6.61 Å². The molecule has 1 rings (SSSR count). The maximum absolute atomic E-state index is 11.0. The number of ether oxygens (including phenoxy) is 1. The van der Waals surface area contributed by atoms with Crippen molar-refractivity contribution < 1.29 is 14.1 Å². The Morgan fingerprint density at radius 3 is 2.47 bits per heavy atom. The first kappa shape index (κ1) is 12.4. The first-order chi connectivity index (χ1) is 6.97. The number of amides is 1.